The topological polar surface area (TPSA) is 112 Å². The summed E-state index contributed by atoms with van der Waals surface area (Å²) in [7, 11) is 0. The first kappa shape index (κ1) is 48.8. The first-order valence-electron chi connectivity index (χ1n) is 21.5. The van der Waals surface area contributed by atoms with Gasteiger partial charge >= 0.3 is 11.9 Å². The van der Waals surface area contributed by atoms with Crippen LogP contribution in [-0.2, 0) is 28.5 Å². The van der Waals surface area contributed by atoms with E-state index in [1.807, 2.05) is 0 Å². The van der Waals surface area contributed by atoms with Crippen molar-refractivity contribution < 1.29 is 38.7 Å². The molecule has 306 valence electrons. The molecule has 2 N–H and O–H groups in total. The summed E-state index contributed by atoms with van der Waals surface area (Å²) in [5.41, 5.74) is 0. The minimum Gasteiger partial charge on any atom is -0.462 e. The van der Waals surface area contributed by atoms with Gasteiger partial charge in [-0.1, -0.05) is 127 Å². The van der Waals surface area contributed by atoms with Crippen molar-refractivity contribution >= 4 is 11.9 Å². The van der Waals surface area contributed by atoms with Gasteiger partial charge in [-0.25, -0.2) is 0 Å². The Bertz CT molecular complexity index is 974. The molecule has 1 fully saturated rings. The lowest BCUT2D eigenvalue weighted by molar-refractivity contribution is -0.232. The number of allylic oxidation sites excluding steroid dienone is 8. The third-order valence-corrected chi connectivity index (χ3v) is 9.41. The van der Waals surface area contributed by atoms with E-state index in [1.54, 1.807) is 0 Å². The lowest BCUT2D eigenvalue weighted by Crippen LogP contribution is -2.41. The predicted octanol–water partition coefficient (Wildman–Crippen LogP) is 10.9. The summed E-state index contributed by atoms with van der Waals surface area (Å²) in [5.74, 6) is -0.651. The van der Waals surface area contributed by atoms with Gasteiger partial charge in [-0.05, 0) is 77.0 Å². The number of hydrogen-bond donors (Lipinski definition) is 2. The molecule has 0 saturated carbocycles. The zero-order chi connectivity index (χ0) is 38.5. The van der Waals surface area contributed by atoms with Crippen LogP contribution in [0, 0.1) is 0 Å². The lowest BCUT2D eigenvalue weighted by Gasteiger charge is -2.32. The highest BCUT2D eigenvalue weighted by atomic mass is 16.7. The molecule has 4 atom stereocenters. The van der Waals surface area contributed by atoms with E-state index in [2.05, 4.69) is 62.5 Å². The molecule has 0 bridgehead atoms. The molecular weight excluding hydrogens is 668 g/mol. The van der Waals surface area contributed by atoms with E-state index in [9.17, 15) is 19.8 Å². The standard InChI is InChI=1S/C45H78O8/c1-3-5-7-9-11-13-15-17-19-21-23-25-27-29-31-33-43(48)50-38-42(39-51-45-36-40(47)35-41(37-46)53-45)52-44(49)34-32-30-28-26-24-22-20-18-16-14-12-10-8-6-4-2/h11-14,17-20,40-42,45-47H,3-10,15-16,21-39H2,1-2H3/b13-11-,14-12-,19-17-,20-18-/t40?,41-,42+,45+/m0/s1. The Morgan fingerprint density at radius 1 is 0.623 bits per heavy atom. The van der Waals surface area contributed by atoms with Crippen molar-refractivity contribution in [1.29, 1.82) is 0 Å². The van der Waals surface area contributed by atoms with Crippen molar-refractivity contribution in [3.8, 4) is 0 Å². The molecule has 0 radical (unpaired) electrons. The molecule has 0 amide bonds. The normalized spacial score (nSPS) is 18.5. The SMILES string of the molecule is CCCCC/C=C\C/C=C\CCCCCCCC(=O)OC[C@H](CO[C@H]1CC(O)C[C@@H](CO)O1)OC(=O)CCCCCCC/C=C\C/C=C\CCCCC. The summed E-state index contributed by atoms with van der Waals surface area (Å²) in [6.45, 7) is 4.13. The van der Waals surface area contributed by atoms with Crippen molar-refractivity contribution in [2.75, 3.05) is 19.8 Å². The first-order valence-corrected chi connectivity index (χ1v) is 21.5. The van der Waals surface area contributed by atoms with Crippen molar-refractivity contribution in [2.24, 2.45) is 0 Å². The zero-order valence-electron chi connectivity index (χ0n) is 33.8. The van der Waals surface area contributed by atoms with Crippen LogP contribution in [0.3, 0.4) is 0 Å². The van der Waals surface area contributed by atoms with Gasteiger partial charge in [0.1, 0.15) is 6.61 Å². The smallest absolute Gasteiger partial charge is 0.306 e. The Labute approximate surface area is 323 Å². The van der Waals surface area contributed by atoms with Gasteiger partial charge in [0.25, 0.3) is 0 Å². The number of rotatable bonds is 35. The number of hydrogen-bond acceptors (Lipinski definition) is 8. The van der Waals surface area contributed by atoms with E-state index >= 15 is 0 Å². The molecule has 1 saturated heterocycles. The van der Waals surface area contributed by atoms with Crippen LogP contribution in [0.5, 0.6) is 0 Å². The number of carbonyl (C=O) groups excluding carboxylic acids is 2. The number of esters is 2. The minimum absolute atomic E-state index is 0.0274. The van der Waals surface area contributed by atoms with Gasteiger partial charge in [0.15, 0.2) is 12.4 Å². The van der Waals surface area contributed by atoms with Gasteiger partial charge in [-0.2, -0.15) is 0 Å². The molecule has 1 heterocycles. The van der Waals surface area contributed by atoms with E-state index in [1.165, 1.54) is 51.4 Å². The fourth-order valence-electron chi connectivity index (χ4n) is 6.17. The monoisotopic (exact) mass is 747 g/mol. The number of ether oxygens (including phenoxy) is 4. The fourth-order valence-corrected chi connectivity index (χ4v) is 6.17. The molecule has 1 rings (SSSR count). The molecule has 8 heteroatoms. The van der Waals surface area contributed by atoms with E-state index in [0.717, 1.165) is 89.9 Å². The van der Waals surface area contributed by atoms with Crippen molar-refractivity contribution in [3.05, 3.63) is 48.6 Å². The molecule has 1 aliphatic heterocycles. The van der Waals surface area contributed by atoms with Crippen LogP contribution in [0.15, 0.2) is 48.6 Å². The van der Waals surface area contributed by atoms with Crippen molar-refractivity contribution in [2.45, 2.75) is 205 Å². The number of carbonyl (C=O) groups is 2. The third kappa shape index (κ3) is 31.8. The van der Waals surface area contributed by atoms with Crippen LogP contribution in [0.2, 0.25) is 0 Å². The van der Waals surface area contributed by atoms with Crippen LogP contribution < -0.4 is 0 Å². The molecule has 0 spiro atoms. The van der Waals surface area contributed by atoms with Crippen LogP contribution in [0.25, 0.3) is 0 Å². The van der Waals surface area contributed by atoms with Gasteiger partial charge in [-0.3, -0.25) is 9.59 Å². The Morgan fingerprint density at radius 3 is 1.60 bits per heavy atom. The molecular formula is C45H78O8. The Hall–Kier alpha value is -2.26. The highest BCUT2D eigenvalue weighted by Gasteiger charge is 2.30. The van der Waals surface area contributed by atoms with Crippen LogP contribution in [0.1, 0.15) is 181 Å². The maximum atomic E-state index is 12.7. The maximum Gasteiger partial charge on any atom is 0.306 e. The summed E-state index contributed by atoms with van der Waals surface area (Å²) >= 11 is 0. The maximum absolute atomic E-state index is 12.7. The van der Waals surface area contributed by atoms with Crippen LogP contribution in [-0.4, -0.2) is 66.6 Å². The Kier molecular flexibility index (Phi) is 33.8. The summed E-state index contributed by atoms with van der Waals surface area (Å²) < 4.78 is 22.7. The van der Waals surface area contributed by atoms with Gasteiger partial charge in [0.05, 0.1) is 25.4 Å². The zero-order valence-corrected chi connectivity index (χ0v) is 33.8. The largest absolute Gasteiger partial charge is 0.462 e. The van der Waals surface area contributed by atoms with Crippen LogP contribution in [0.4, 0.5) is 0 Å². The summed E-state index contributed by atoms with van der Waals surface area (Å²) in [6, 6.07) is 0. The highest BCUT2D eigenvalue weighted by molar-refractivity contribution is 5.70. The molecule has 0 aromatic rings. The molecule has 1 unspecified atom stereocenters. The average Bonchev–Trinajstić information content (AvgIpc) is 3.15. The van der Waals surface area contributed by atoms with Gasteiger partial charge in [0, 0.05) is 25.7 Å². The molecule has 0 aliphatic carbocycles. The Morgan fingerprint density at radius 2 is 1.09 bits per heavy atom. The first-order chi connectivity index (χ1) is 26.0. The van der Waals surface area contributed by atoms with E-state index in [-0.39, 0.29) is 38.2 Å². The lowest BCUT2D eigenvalue weighted by atomic mass is 10.1. The second-order valence-corrected chi connectivity index (χ2v) is 14.6. The minimum atomic E-state index is -0.774. The molecule has 53 heavy (non-hydrogen) atoms. The molecule has 1 aliphatic rings. The average molecular weight is 747 g/mol. The van der Waals surface area contributed by atoms with E-state index in [0.29, 0.717) is 19.3 Å². The summed E-state index contributed by atoms with van der Waals surface area (Å²) in [5, 5.41) is 19.6. The van der Waals surface area contributed by atoms with Crippen LogP contribution >= 0.6 is 0 Å². The Balaban J connectivity index is 2.29. The van der Waals surface area contributed by atoms with Gasteiger partial charge in [-0.15, -0.1) is 0 Å². The third-order valence-electron chi connectivity index (χ3n) is 9.41. The highest BCUT2D eigenvalue weighted by Crippen LogP contribution is 2.21. The van der Waals surface area contributed by atoms with Gasteiger partial charge in [0.2, 0.25) is 0 Å². The molecule has 8 nitrogen and oxygen atoms in total. The fraction of sp³-hybridized carbons (Fsp3) is 0.778. The number of unbranched alkanes of at least 4 members (excludes halogenated alkanes) is 16. The number of aliphatic hydroxyl groups excluding tert-OH is 2. The van der Waals surface area contributed by atoms with Gasteiger partial charge < -0.3 is 29.2 Å². The quantitative estimate of drug-likeness (QED) is 0.0374. The van der Waals surface area contributed by atoms with Crippen molar-refractivity contribution in [1.82, 2.24) is 0 Å². The van der Waals surface area contributed by atoms with Crippen molar-refractivity contribution in [3.63, 3.8) is 0 Å². The van der Waals surface area contributed by atoms with E-state index in [4.69, 9.17) is 18.9 Å². The second kappa shape index (κ2) is 36.7. The summed E-state index contributed by atoms with van der Waals surface area (Å²) in [6.07, 6.45) is 41.1. The summed E-state index contributed by atoms with van der Waals surface area (Å²) in [4.78, 5) is 25.2. The molecule has 0 aromatic carbocycles. The second-order valence-electron chi connectivity index (χ2n) is 14.6. The molecule has 0 aromatic heterocycles. The predicted molar refractivity (Wildman–Crippen MR) is 216 cm³/mol. The van der Waals surface area contributed by atoms with E-state index < -0.39 is 24.6 Å². The number of aliphatic hydroxyl groups is 2.